The Morgan fingerprint density at radius 3 is 1.80 bits per heavy atom. The monoisotopic (exact) mass is 313 g/mol. The maximum atomic E-state index is 3.66. The van der Waals surface area contributed by atoms with Crippen LogP contribution >= 0.6 is 40.7 Å². The van der Waals surface area contributed by atoms with E-state index in [2.05, 4.69) is 32.3 Å². The molecule has 0 bridgehead atoms. The molecule has 5 heavy (non-hydrogen) atoms. The third-order valence-corrected chi connectivity index (χ3v) is 4.98. The summed E-state index contributed by atoms with van der Waals surface area (Å²) in [6.45, 7) is 3.66. The Hall–Kier alpha value is 1.69. The zero-order chi connectivity index (χ0) is 4.28. The van der Waals surface area contributed by atoms with Gasteiger partial charge in [0, 0.05) is 0 Å². The van der Waals surface area contributed by atoms with E-state index in [-0.39, 0.29) is 0 Å². The zero-order valence-electron chi connectivity index (χ0n) is 2.55. The van der Waals surface area contributed by atoms with E-state index >= 15 is 0 Å². The van der Waals surface area contributed by atoms with Crippen LogP contribution in [0.3, 0.4) is 0 Å². The van der Waals surface area contributed by atoms with E-state index in [0.29, 0.717) is 0 Å². The molecule has 0 nitrogen and oxygen atoms in total. The van der Waals surface area contributed by atoms with E-state index in [1.165, 1.54) is 0 Å². The molecule has 0 unspecified atom stereocenters. The molecule has 0 amide bonds. The average Bonchev–Trinajstić information content (AvgIpc) is 1.38. The van der Waals surface area contributed by atoms with Gasteiger partial charge < -0.3 is 0 Å². The molecule has 0 atom stereocenters. The summed E-state index contributed by atoms with van der Waals surface area (Å²) in [5.41, 5.74) is 0. The minimum absolute atomic E-state index is 0.768. The third-order valence-electron chi connectivity index (χ3n) is 0.143. The molecule has 1 radical (unpaired) electrons. The Morgan fingerprint density at radius 1 is 1.60 bits per heavy atom. The van der Waals surface area contributed by atoms with Gasteiger partial charge in [0.15, 0.2) is 0 Å². The van der Waals surface area contributed by atoms with Crippen LogP contribution in [-0.2, 0) is 0 Å². The van der Waals surface area contributed by atoms with Crippen molar-refractivity contribution in [3.8, 4) is 0 Å². The van der Waals surface area contributed by atoms with Crippen LogP contribution in [0.1, 0.15) is 0 Å². The molecule has 0 aromatic carbocycles. The Morgan fingerprint density at radius 2 is 1.80 bits per heavy atom. The topological polar surface area (TPSA) is 0 Å². The fourth-order valence-electron chi connectivity index (χ4n) is 0. The van der Waals surface area contributed by atoms with Crippen molar-refractivity contribution < 1.29 is 0 Å². The standard InChI is InChI=1S/C2H4Br2I/c1-2-5(3)4/h1-2H2. The number of alkyl halides is 1. The first-order valence-corrected chi connectivity index (χ1v) is 12.3. The molecule has 0 aliphatic carbocycles. The second-order valence-electron chi connectivity index (χ2n) is 0.445. The van der Waals surface area contributed by atoms with Gasteiger partial charge in [-0.25, -0.2) is 0 Å². The summed E-state index contributed by atoms with van der Waals surface area (Å²) in [6, 6.07) is 0. The van der Waals surface area contributed by atoms with Crippen molar-refractivity contribution in [2.45, 2.75) is 0 Å². The van der Waals surface area contributed by atoms with Gasteiger partial charge in [0.2, 0.25) is 0 Å². The van der Waals surface area contributed by atoms with Gasteiger partial charge in [0.1, 0.15) is 0 Å². The average molecular weight is 315 g/mol. The molecular weight excluding hydrogens is 311 g/mol. The predicted octanol–water partition coefficient (Wildman–Crippen LogP) is 2.95. The van der Waals surface area contributed by atoms with Gasteiger partial charge in [-0.1, -0.05) is 0 Å². The summed E-state index contributed by atoms with van der Waals surface area (Å²) in [5.74, 6) is 0. The number of hydrogen-bond donors (Lipinski definition) is 0. The van der Waals surface area contributed by atoms with Gasteiger partial charge in [0.05, 0.1) is 0 Å². The van der Waals surface area contributed by atoms with E-state index < -0.39 is 15.4 Å². The number of halogens is 3. The van der Waals surface area contributed by atoms with Crippen LogP contribution < -0.4 is 0 Å². The van der Waals surface area contributed by atoms with Crippen molar-refractivity contribution in [1.29, 1.82) is 0 Å². The molecule has 0 heterocycles. The molecule has 0 aromatic rings. The van der Waals surface area contributed by atoms with Crippen LogP contribution in [0, 0.1) is 6.92 Å². The van der Waals surface area contributed by atoms with E-state index in [1.54, 1.807) is 0 Å². The van der Waals surface area contributed by atoms with Crippen LogP contribution in [0.25, 0.3) is 0 Å². The van der Waals surface area contributed by atoms with E-state index in [9.17, 15) is 0 Å². The quantitative estimate of drug-likeness (QED) is 0.516. The Balaban J connectivity index is 2.54. The van der Waals surface area contributed by atoms with Gasteiger partial charge >= 0.3 is 52.1 Å². The fraction of sp³-hybridized carbons (Fsp3) is 0.500. The second kappa shape index (κ2) is 3.87. The van der Waals surface area contributed by atoms with Gasteiger partial charge in [-0.15, -0.1) is 0 Å². The van der Waals surface area contributed by atoms with Crippen molar-refractivity contribution >= 4 is 40.7 Å². The number of hydrogen-bond acceptors (Lipinski definition) is 0. The molecule has 0 N–H and O–H groups in total. The predicted molar refractivity (Wildman–Crippen MR) is 42.1 cm³/mol. The fourth-order valence-corrected chi connectivity index (χ4v) is 0. The van der Waals surface area contributed by atoms with Crippen LogP contribution in [0.2, 0.25) is 0 Å². The minimum atomic E-state index is -0.768. The summed E-state index contributed by atoms with van der Waals surface area (Å²) in [5, 5.41) is 0. The Kier molecular flexibility index (Phi) is 5.17. The van der Waals surface area contributed by atoms with Crippen molar-refractivity contribution in [1.82, 2.24) is 0 Å². The van der Waals surface area contributed by atoms with Crippen molar-refractivity contribution in [3.05, 3.63) is 6.92 Å². The molecule has 0 aliphatic rings. The van der Waals surface area contributed by atoms with Crippen molar-refractivity contribution in [2.75, 3.05) is 4.43 Å². The molecule has 0 spiro atoms. The molecule has 0 saturated carbocycles. The Labute approximate surface area is 51.6 Å². The molecule has 33 valence electrons. The summed E-state index contributed by atoms with van der Waals surface area (Å²) in [7, 11) is 0. The number of rotatable bonds is 1. The second-order valence-corrected chi connectivity index (χ2v) is 18.1. The van der Waals surface area contributed by atoms with E-state index in [4.69, 9.17) is 0 Å². The SMILES string of the molecule is [CH2]CI(Br)Br. The normalized spacial score (nSPS) is 11.4. The van der Waals surface area contributed by atoms with Gasteiger partial charge in [-0.05, 0) is 0 Å². The van der Waals surface area contributed by atoms with Crippen molar-refractivity contribution in [3.63, 3.8) is 0 Å². The summed E-state index contributed by atoms with van der Waals surface area (Å²) < 4.78 is 1.05. The van der Waals surface area contributed by atoms with Crippen LogP contribution in [0.4, 0.5) is 0 Å². The van der Waals surface area contributed by atoms with Gasteiger partial charge in [0.25, 0.3) is 0 Å². The van der Waals surface area contributed by atoms with Gasteiger partial charge in [-0.2, -0.15) is 0 Å². The molecule has 0 rings (SSSR count). The summed E-state index contributed by atoms with van der Waals surface area (Å²) in [4.78, 5) is 0. The van der Waals surface area contributed by atoms with E-state index in [1.807, 2.05) is 0 Å². The molecule has 0 fully saturated rings. The van der Waals surface area contributed by atoms with Crippen LogP contribution in [0.15, 0.2) is 0 Å². The summed E-state index contributed by atoms with van der Waals surface area (Å²) >= 11 is 6.00. The van der Waals surface area contributed by atoms with Crippen LogP contribution in [-0.4, -0.2) is 4.43 Å². The molecule has 3 heteroatoms. The molecular formula is C2H4Br2I. The van der Waals surface area contributed by atoms with Gasteiger partial charge in [-0.3, -0.25) is 0 Å². The maximum absolute atomic E-state index is 3.66. The first kappa shape index (κ1) is 6.69. The zero-order valence-corrected chi connectivity index (χ0v) is 7.88. The first-order chi connectivity index (χ1) is 2.27. The molecule has 0 aliphatic heterocycles. The Bertz CT molecular complexity index is 21.6. The van der Waals surface area contributed by atoms with Crippen LogP contribution in [0.5, 0.6) is 0 Å². The molecule has 0 saturated heterocycles. The third kappa shape index (κ3) is 5.69. The summed E-state index contributed by atoms with van der Waals surface area (Å²) in [6.07, 6.45) is 0. The van der Waals surface area contributed by atoms with E-state index in [0.717, 1.165) is 4.43 Å². The first-order valence-electron chi connectivity index (χ1n) is 1.05. The van der Waals surface area contributed by atoms with Crippen molar-refractivity contribution in [2.24, 2.45) is 0 Å². The molecule has 0 aromatic heterocycles.